The number of hydrogen-bond acceptors (Lipinski definition) is 5. The molecule has 0 aromatic carbocycles. The zero-order valence-corrected chi connectivity index (χ0v) is 10.0. The Hall–Kier alpha value is -1.62. The number of carbonyl (C=O) groups excluding carboxylic acids is 2. The van der Waals surface area contributed by atoms with Crippen LogP contribution in [0.1, 0.15) is 13.8 Å². The molecule has 0 fully saturated rings. The molecule has 0 aromatic heterocycles. The van der Waals surface area contributed by atoms with Crippen LogP contribution >= 0.6 is 0 Å². The lowest BCUT2D eigenvalue weighted by Crippen LogP contribution is -2.60. The van der Waals surface area contributed by atoms with Crippen LogP contribution in [0.3, 0.4) is 0 Å². The normalized spacial score (nSPS) is 14.4. The lowest BCUT2D eigenvalue weighted by atomic mass is 10.3. The van der Waals surface area contributed by atoms with Gasteiger partial charge in [0.05, 0.1) is 6.07 Å². The van der Waals surface area contributed by atoms with Crippen LogP contribution in [-0.4, -0.2) is 37.9 Å². The third-order valence-corrected chi connectivity index (χ3v) is 3.69. The molecular formula is C8H13N3O4S. The maximum atomic E-state index is 11.5. The first kappa shape index (κ1) is 14.4. The van der Waals surface area contributed by atoms with Crippen molar-refractivity contribution >= 4 is 21.7 Å². The first-order chi connectivity index (χ1) is 7.15. The zero-order valence-electron chi connectivity index (χ0n) is 9.20. The van der Waals surface area contributed by atoms with Crippen molar-refractivity contribution in [1.29, 1.82) is 5.26 Å². The molecule has 1 unspecified atom stereocenters. The van der Waals surface area contributed by atoms with Crippen LogP contribution < -0.4 is 10.6 Å². The molecule has 0 radical (unpaired) electrons. The summed E-state index contributed by atoms with van der Waals surface area (Å²) in [7, 11) is -3.84. The van der Waals surface area contributed by atoms with Crippen LogP contribution in [0, 0.1) is 11.3 Å². The molecule has 0 saturated carbocycles. The van der Waals surface area contributed by atoms with E-state index in [2.05, 4.69) is 10.6 Å². The molecule has 0 spiro atoms. The number of hydrogen-bond donors (Lipinski definition) is 2. The van der Waals surface area contributed by atoms with Crippen molar-refractivity contribution < 1.29 is 18.0 Å². The summed E-state index contributed by atoms with van der Waals surface area (Å²) in [4.78, 5) is 20.4. The summed E-state index contributed by atoms with van der Waals surface area (Å²) in [6, 6.07) is 1.64. The molecule has 2 amide bonds. The van der Waals surface area contributed by atoms with E-state index in [0.717, 1.165) is 20.1 Å². The number of nitrogens with one attached hydrogen (secondary N) is 2. The van der Waals surface area contributed by atoms with Gasteiger partial charge < -0.3 is 10.6 Å². The van der Waals surface area contributed by atoms with Gasteiger partial charge in [-0.15, -0.1) is 0 Å². The van der Waals surface area contributed by atoms with Crippen molar-refractivity contribution in [3.05, 3.63) is 0 Å². The van der Waals surface area contributed by atoms with E-state index < -0.39 is 26.5 Å². The maximum absolute atomic E-state index is 11.5. The highest BCUT2D eigenvalue weighted by Gasteiger charge is 2.44. The third-order valence-electron chi connectivity index (χ3n) is 1.92. The van der Waals surface area contributed by atoms with Gasteiger partial charge in [0.25, 0.3) is 5.91 Å². The van der Waals surface area contributed by atoms with E-state index in [1.54, 1.807) is 6.07 Å². The Morgan fingerprint density at radius 2 is 1.94 bits per heavy atom. The predicted molar refractivity (Wildman–Crippen MR) is 55.7 cm³/mol. The minimum Gasteiger partial charge on any atom is -0.340 e. The standard InChI is InChI=1S/C8H13N3O4S/c1-6(12)11-8(2,16(3,14)15)7(13)10-5-4-9/h5H2,1-3H3,(H,10,13)(H,11,12). The largest absolute Gasteiger partial charge is 0.340 e. The van der Waals surface area contributed by atoms with Gasteiger partial charge in [-0.2, -0.15) is 5.26 Å². The number of carbonyl (C=O) groups is 2. The van der Waals surface area contributed by atoms with Crippen molar-refractivity contribution in [2.45, 2.75) is 18.7 Å². The van der Waals surface area contributed by atoms with Gasteiger partial charge in [0, 0.05) is 13.2 Å². The second kappa shape index (κ2) is 4.94. The van der Waals surface area contributed by atoms with E-state index in [-0.39, 0.29) is 6.54 Å². The fraction of sp³-hybridized carbons (Fsp3) is 0.625. The summed E-state index contributed by atoms with van der Waals surface area (Å²) in [5.74, 6) is -1.59. The molecule has 2 N–H and O–H groups in total. The second-order valence-corrected chi connectivity index (χ2v) is 5.69. The second-order valence-electron chi connectivity index (χ2n) is 3.33. The van der Waals surface area contributed by atoms with Crippen LogP contribution in [0.4, 0.5) is 0 Å². The van der Waals surface area contributed by atoms with E-state index in [1.807, 2.05) is 0 Å². The highest BCUT2D eigenvalue weighted by atomic mass is 32.2. The van der Waals surface area contributed by atoms with E-state index in [0.29, 0.717) is 0 Å². The molecule has 90 valence electrons. The quantitative estimate of drug-likeness (QED) is 0.588. The zero-order chi connectivity index (χ0) is 13.0. The van der Waals surface area contributed by atoms with Crippen LogP contribution in [0.5, 0.6) is 0 Å². The van der Waals surface area contributed by atoms with E-state index in [1.165, 1.54) is 0 Å². The highest BCUT2D eigenvalue weighted by Crippen LogP contribution is 2.12. The monoisotopic (exact) mass is 247 g/mol. The molecule has 0 aromatic rings. The Morgan fingerprint density at radius 1 is 1.44 bits per heavy atom. The highest BCUT2D eigenvalue weighted by molar-refractivity contribution is 7.92. The average molecular weight is 247 g/mol. The van der Waals surface area contributed by atoms with Crippen molar-refractivity contribution in [2.24, 2.45) is 0 Å². The molecule has 0 aliphatic rings. The maximum Gasteiger partial charge on any atom is 0.262 e. The Morgan fingerprint density at radius 3 is 2.25 bits per heavy atom. The Balaban J connectivity index is 5.19. The first-order valence-corrected chi connectivity index (χ1v) is 6.18. The van der Waals surface area contributed by atoms with Crippen LogP contribution in [0.25, 0.3) is 0 Å². The van der Waals surface area contributed by atoms with Gasteiger partial charge in [-0.05, 0) is 6.92 Å². The summed E-state index contributed by atoms with van der Waals surface area (Å²) in [6.45, 7) is 1.83. The Labute approximate surface area is 93.7 Å². The molecule has 16 heavy (non-hydrogen) atoms. The van der Waals surface area contributed by atoms with Gasteiger partial charge in [-0.25, -0.2) is 8.42 Å². The van der Waals surface area contributed by atoms with Crippen LogP contribution in [0.2, 0.25) is 0 Å². The number of rotatable bonds is 4. The van der Waals surface area contributed by atoms with Gasteiger partial charge in [-0.3, -0.25) is 9.59 Å². The molecule has 0 rings (SSSR count). The predicted octanol–water partition coefficient (Wildman–Crippen LogP) is -1.48. The SMILES string of the molecule is CC(=O)NC(C)(C(=O)NCC#N)S(C)(=O)=O. The molecular weight excluding hydrogens is 234 g/mol. The number of nitrogens with zero attached hydrogens (tertiary/aromatic N) is 1. The van der Waals surface area contributed by atoms with Gasteiger partial charge in [0.1, 0.15) is 6.54 Å². The lowest BCUT2D eigenvalue weighted by molar-refractivity contribution is -0.128. The Bertz CT molecular complexity index is 437. The van der Waals surface area contributed by atoms with Crippen molar-refractivity contribution in [2.75, 3.05) is 12.8 Å². The van der Waals surface area contributed by atoms with Crippen molar-refractivity contribution in [3.63, 3.8) is 0 Å². The summed E-state index contributed by atoms with van der Waals surface area (Å²) in [5, 5.41) is 12.4. The molecule has 0 aliphatic carbocycles. The fourth-order valence-electron chi connectivity index (χ4n) is 0.942. The van der Waals surface area contributed by atoms with Crippen LogP contribution in [0.15, 0.2) is 0 Å². The minimum absolute atomic E-state index is 0.330. The Kier molecular flexibility index (Phi) is 4.44. The molecule has 1 atom stereocenters. The molecule has 0 heterocycles. The van der Waals surface area contributed by atoms with Gasteiger partial charge in [-0.1, -0.05) is 0 Å². The molecule has 0 bridgehead atoms. The van der Waals surface area contributed by atoms with E-state index >= 15 is 0 Å². The van der Waals surface area contributed by atoms with Gasteiger partial charge in [0.2, 0.25) is 10.8 Å². The van der Waals surface area contributed by atoms with Gasteiger partial charge >= 0.3 is 0 Å². The molecule has 0 saturated heterocycles. The van der Waals surface area contributed by atoms with Gasteiger partial charge in [0.15, 0.2) is 9.84 Å². The van der Waals surface area contributed by atoms with Crippen molar-refractivity contribution in [3.8, 4) is 6.07 Å². The molecule has 0 aliphatic heterocycles. The smallest absolute Gasteiger partial charge is 0.262 e. The van der Waals surface area contributed by atoms with Crippen LogP contribution in [-0.2, 0) is 19.4 Å². The first-order valence-electron chi connectivity index (χ1n) is 4.28. The number of nitriles is 1. The number of amides is 2. The van der Waals surface area contributed by atoms with Crippen molar-refractivity contribution in [1.82, 2.24) is 10.6 Å². The van der Waals surface area contributed by atoms with E-state index in [9.17, 15) is 18.0 Å². The number of sulfone groups is 1. The summed E-state index contributed by atoms with van der Waals surface area (Å²) >= 11 is 0. The lowest BCUT2D eigenvalue weighted by Gasteiger charge is -2.26. The molecule has 7 nitrogen and oxygen atoms in total. The molecule has 8 heteroatoms. The summed E-state index contributed by atoms with van der Waals surface area (Å²) in [6.07, 6.45) is 0.828. The third kappa shape index (κ3) is 3.20. The topological polar surface area (TPSA) is 116 Å². The fourth-order valence-corrected chi connectivity index (χ4v) is 1.68. The summed E-state index contributed by atoms with van der Waals surface area (Å²) < 4.78 is 22.9. The van der Waals surface area contributed by atoms with E-state index in [4.69, 9.17) is 5.26 Å². The average Bonchev–Trinajstić information content (AvgIpc) is 2.10. The summed E-state index contributed by atoms with van der Waals surface area (Å²) in [5.41, 5.74) is 0. The minimum atomic E-state index is -3.84.